The minimum absolute atomic E-state index is 0.119. The van der Waals surface area contributed by atoms with E-state index in [1.807, 2.05) is 56.3 Å². The zero-order valence-corrected chi connectivity index (χ0v) is 18.6. The summed E-state index contributed by atoms with van der Waals surface area (Å²) in [6.07, 6.45) is 2.82. The summed E-state index contributed by atoms with van der Waals surface area (Å²) in [5.41, 5.74) is 2.43. The monoisotopic (exact) mass is 448 g/mol. The van der Waals surface area contributed by atoms with Crippen molar-refractivity contribution in [2.75, 3.05) is 5.32 Å². The van der Waals surface area contributed by atoms with Crippen LogP contribution in [-0.2, 0) is 9.53 Å². The standard InChI is InChI=1S/C26H28N2O5/c1-26(2,17-6-5-12-23(30)28-32)24(19-13-15-20(29)16-14-19)33-25(31)27-22-11-7-9-18-8-3-4-10-21(18)22/h3-5,7-16,24,29,32H,6,17H2,1-2H3,(H,27,31)(H,28,30)/b12-5+/t24-/m1/s1. The molecule has 3 rings (SSSR count). The third-order valence-corrected chi connectivity index (χ3v) is 5.49. The number of aromatic hydroxyl groups is 1. The van der Waals surface area contributed by atoms with Crippen LogP contribution in [0.3, 0.4) is 0 Å². The van der Waals surface area contributed by atoms with E-state index >= 15 is 0 Å². The molecule has 7 heteroatoms. The van der Waals surface area contributed by atoms with Gasteiger partial charge in [-0.25, -0.2) is 10.3 Å². The minimum atomic E-state index is -0.617. The molecule has 3 aromatic carbocycles. The zero-order chi connectivity index (χ0) is 23.8. The van der Waals surface area contributed by atoms with Gasteiger partial charge in [0.2, 0.25) is 0 Å². The number of ether oxygens (including phenoxy) is 1. The van der Waals surface area contributed by atoms with Crippen molar-refractivity contribution in [3.8, 4) is 5.75 Å². The predicted octanol–water partition coefficient (Wildman–Crippen LogP) is 5.70. The first-order valence-electron chi connectivity index (χ1n) is 10.6. The number of allylic oxidation sites excluding steroid dienone is 1. The number of hydrogen-bond acceptors (Lipinski definition) is 5. The van der Waals surface area contributed by atoms with Crippen LogP contribution >= 0.6 is 0 Å². The molecule has 0 radical (unpaired) electrons. The molecule has 7 nitrogen and oxygen atoms in total. The van der Waals surface area contributed by atoms with Crippen LogP contribution in [0.5, 0.6) is 5.75 Å². The van der Waals surface area contributed by atoms with Gasteiger partial charge in [-0.1, -0.05) is 68.5 Å². The Balaban J connectivity index is 1.80. The van der Waals surface area contributed by atoms with Gasteiger partial charge in [-0.05, 0) is 42.0 Å². The molecule has 0 saturated heterocycles. The smallest absolute Gasteiger partial charge is 0.412 e. The number of anilines is 1. The maximum absolute atomic E-state index is 12.9. The number of phenolic OH excluding ortho intramolecular Hbond substituents is 1. The largest absolute Gasteiger partial charge is 0.508 e. The van der Waals surface area contributed by atoms with Crippen molar-refractivity contribution in [2.24, 2.45) is 5.41 Å². The molecule has 0 aromatic heterocycles. The lowest BCUT2D eigenvalue weighted by Crippen LogP contribution is -2.29. The summed E-state index contributed by atoms with van der Waals surface area (Å²) in [7, 11) is 0. The fourth-order valence-corrected chi connectivity index (χ4v) is 3.72. The molecule has 0 aliphatic carbocycles. The van der Waals surface area contributed by atoms with Crippen LogP contribution in [0.15, 0.2) is 78.9 Å². The van der Waals surface area contributed by atoms with Crippen molar-refractivity contribution in [1.82, 2.24) is 5.48 Å². The predicted molar refractivity (Wildman–Crippen MR) is 127 cm³/mol. The van der Waals surface area contributed by atoms with E-state index < -0.39 is 23.5 Å². The van der Waals surface area contributed by atoms with E-state index in [1.54, 1.807) is 35.8 Å². The van der Waals surface area contributed by atoms with Crippen LogP contribution in [0.2, 0.25) is 0 Å². The van der Waals surface area contributed by atoms with Gasteiger partial charge in [-0.3, -0.25) is 15.3 Å². The first-order valence-corrected chi connectivity index (χ1v) is 10.6. The first-order chi connectivity index (χ1) is 15.8. The molecule has 3 aromatic rings. The van der Waals surface area contributed by atoms with Crippen molar-refractivity contribution >= 4 is 28.5 Å². The van der Waals surface area contributed by atoms with Crippen LogP contribution in [-0.4, -0.2) is 22.3 Å². The Kier molecular flexibility index (Phi) is 7.69. The van der Waals surface area contributed by atoms with Gasteiger partial charge in [0.25, 0.3) is 5.91 Å². The van der Waals surface area contributed by atoms with Gasteiger partial charge in [-0.2, -0.15) is 0 Å². The van der Waals surface area contributed by atoms with Crippen molar-refractivity contribution in [3.63, 3.8) is 0 Å². The summed E-state index contributed by atoms with van der Waals surface area (Å²) >= 11 is 0. The zero-order valence-electron chi connectivity index (χ0n) is 18.6. The van der Waals surface area contributed by atoms with E-state index in [-0.39, 0.29) is 5.75 Å². The normalized spacial score (nSPS) is 12.5. The molecule has 1 atom stereocenters. The molecule has 0 heterocycles. The Morgan fingerprint density at radius 3 is 2.45 bits per heavy atom. The van der Waals surface area contributed by atoms with E-state index in [9.17, 15) is 14.7 Å². The Hall–Kier alpha value is -3.84. The van der Waals surface area contributed by atoms with Gasteiger partial charge >= 0.3 is 6.09 Å². The van der Waals surface area contributed by atoms with E-state index in [0.29, 0.717) is 18.5 Å². The van der Waals surface area contributed by atoms with Crippen molar-refractivity contribution in [1.29, 1.82) is 0 Å². The van der Waals surface area contributed by atoms with E-state index in [0.717, 1.165) is 16.3 Å². The summed E-state index contributed by atoms with van der Waals surface area (Å²) in [5.74, 6) is -0.484. The molecule has 0 unspecified atom stereocenters. The van der Waals surface area contributed by atoms with Gasteiger partial charge in [0.15, 0.2) is 0 Å². The van der Waals surface area contributed by atoms with Crippen LogP contribution in [0.4, 0.5) is 10.5 Å². The molecule has 0 aliphatic heterocycles. The number of hydroxylamine groups is 1. The summed E-state index contributed by atoms with van der Waals surface area (Å²) in [4.78, 5) is 24.1. The highest BCUT2D eigenvalue weighted by atomic mass is 16.6. The summed E-state index contributed by atoms with van der Waals surface area (Å²) in [5, 5.41) is 23.0. The molecule has 0 saturated carbocycles. The molecule has 0 bridgehead atoms. The summed E-state index contributed by atoms with van der Waals surface area (Å²) < 4.78 is 5.92. The van der Waals surface area contributed by atoms with Crippen LogP contribution in [0.1, 0.15) is 38.4 Å². The Labute approximate surface area is 192 Å². The SMILES string of the molecule is CC(C)(CC/C=C/C(=O)NO)[C@H](OC(=O)Nc1cccc2ccccc12)c1ccc(O)cc1. The van der Waals surface area contributed by atoms with Gasteiger partial charge in [0.1, 0.15) is 11.9 Å². The van der Waals surface area contributed by atoms with Crippen molar-refractivity contribution in [2.45, 2.75) is 32.8 Å². The Morgan fingerprint density at radius 1 is 1.03 bits per heavy atom. The number of benzene rings is 3. The van der Waals surface area contributed by atoms with Crippen LogP contribution < -0.4 is 10.8 Å². The molecule has 33 heavy (non-hydrogen) atoms. The molecular formula is C26H28N2O5. The number of rotatable bonds is 8. The van der Waals surface area contributed by atoms with Crippen molar-refractivity contribution in [3.05, 3.63) is 84.4 Å². The second kappa shape index (κ2) is 10.7. The van der Waals surface area contributed by atoms with Crippen LogP contribution in [0, 0.1) is 5.41 Å². The van der Waals surface area contributed by atoms with Crippen molar-refractivity contribution < 1.29 is 24.6 Å². The average molecular weight is 449 g/mol. The number of fused-ring (bicyclic) bond motifs is 1. The lowest BCUT2D eigenvalue weighted by molar-refractivity contribution is -0.124. The quantitative estimate of drug-likeness (QED) is 0.201. The molecule has 4 N–H and O–H groups in total. The van der Waals surface area contributed by atoms with Gasteiger partial charge in [-0.15, -0.1) is 0 Å². The summed E-state index contributed by atoms with van der Waals surface area (Å²) in [6, 6.07) is 20.0. The third kappa shape index (κ3) is 6.33. The second-order valence-electron chi connectivity index (χ2n) is 8.43. The topological polar surface area (TPSA) is 108 Å². The molecule has 0 spiro atoms. The highest BCUT2D eigenvalue weighted by Gasteiger charge is 2.34. The number of carbonyl (C=O) groups is 2. The maximum atomic E-state index is 12.9. The van der Waals surface area contributed by atoms with Gasteiger partial charge in [0, 0.05) is 16.9 Å². The second-order valence-corrected chi connectivity index (χ2v) is 8.43. The molecule has 0 aliphatic rings. The molecule has 2 amide bonds. The fourth-order valence-electron chi connectivity index (χ4n) is 3.72. The summed E-state index contributed by atoms with van der Waals surface area (Å²) in [6.45, 7) is 3.94. The van der Waals surface area contributed by atoms with E-state index in [1.165, 1.54) is 6.08 Å². The molecule has 172 valence electrons. The highest BCUT2D eigenvalue weighted by molar-refractivity contribution is 6.00. The third-order valence-electron chi connectivity index (χ3n) is 5.49. The number of nitrogens with one attached hydrogen (secondary N) is 2. The lowest BCUT2D eigenvalue weighted by Gasteiger charge is -2.34. The van der Waals surface area contributed by atoms with Crippen LogP contribution in [0.25, 0.3) is 10.8 Å². The fraction of sp³-hybridized carbons (Fsp3) is 0.231. The number of carbonyl (C=O) groups excluding carboxylic acids is 2. The Bertz CT molecular complexity index is 1130. The van der Waals surface area contributed by atoms with E-state index in [2.05, 4.69) is 5.32 Å². The number of hydrogen-bond donors (Lipinski definition) is 4. The van der Waals surface area contributed by atoms with Gasteiger partial charge in [0.05, 0.1) is 5.69 Å². The average Bonchev–Trinajstić information content (AvgIpc) is 2.81. The minimum Gasteiger partial charge on any atom is -0.508 e. The first kappa shape index (κ1) is 23.8. The number of phenols is 1. The molecule has 0 fully saturated rings. The molecular weight excluding hydrogens is 420 g/mol. The van der Waals surface area contributed by atoms with Gasteiger partial charge < -0.3 is 9.84 Å². The van der Waals surface area contributed by atoms with E-state index in [4.69, 9.17) is 9.94 Å². The number of amides is 2. The highest BCUT2D eigenvalue weighted by Crippen LogP contribution is 2.41. The lowest BCUT2D eigenvalue weighted by atomic mass is 9.78. The maximum Gasteiger partial charge on any atom is 0.412 e. The Morgan fingerprint density at radius 2 is 1.73 bits per heavy atom.